The Kier molecular flexibility index (Phi) is 6.14. The molecule has 1 fully saturated rings. The zero-order valence-electron chi connectivity index (χ0n) is 14.7. The van der Waals surface area contributed by atoms with Gasteiger partial charge in [0.15, 0.2) is 0 Å². The second-order valence-corrected chi connectivity index (χ2v) is 6.38. The molecular formula is C20H25N3O2. The van der Waals surface area contributed by atoms with E-state index >= 15 is 0 Å². The number of aromatic nitrogens is 1. The Morgan fingerprint density at radius 3 is 2.76 bits per heavy atom. The monoisotopic (exact) mass is 339 g/mol. The van der Waals surface area contributed by atoms with E-state index in [2.05, 4.69) is 35.0 Å². The number of carbonyl (C=O) groups excluding carboxylic acids is 1. The minimum Gasteiger partial charge on any atom is -0.379 e. The van der Waals surface area contributed by atoms with E-state index in [-0.39, 0.29) is 5.91 Å². The first-order valence-electron chi connectivity index (χ1n) is 8.78. The Labute approximate surface area is 149 Å². The molecule has 1 aliphatic heterocycles. The number of hydrogen-bond donors (Lipinski definition) is 0. The molecule has 1 aromatic carbocycles. The summed E-state index contributed by atoms with van der Waals surface area (Å²) < 4.78 is 5.40. The third-order valence-electron chi connectivity index (χ3n) is 4.42. The summed E-state index contributed by atoms with van der Waals surface area (Å²) in [4.78, 5) is 21.4. The van der Waals surface area contributed by atoms with Crippen LogP contribution in [0.2, 0.25) is 0 Å². The van der Waals surface area contributed by atoms with Gasteiger partial charge in [-0.1, -0.05) is 35.9 Å². The number of ether oxygens (including phenoxy) is 1. The van der Waals surface area contributed by atoms with Crippen molar-refractivity contribution in [2.45, 2.75) is 13.5 Å². The van der Waals surface area contributed by atoms with Gasteiger partial charge in [-0.2, -0.15) is 0 Å². The van der Waals surface area contributed by atoms with E-state index in [1.54, 1.807) is 12.3 Å². The van der Waals surface area contributed by atoms with Crippen LogP contribution in [-0.2, 0) is 11.3 Å². The summed E-state index contributed by atoms with van der Waals surface area (Å²) in [6.07, 6.45) is 1.67. The molecule has 2 heterocycles. The average molecular weight is 339 g/mol. The van der Waals surface area contributed by atoms with Gasteiger partial charge in [0.25, 0.3) is 5.91 Å². The number of aryl methyl sites for hydroxylation is 1. The third kappa shape index (κ3) is 5.11. The maximum atomic E-state index is 12.9. The molecule has 0 N–H and O–H groups in total. The van der Waals surface area contributed by atoms with Gasteiger partial charge < -0.3 is 9.64 Å². The number of nitrogens with zero attached hydrogens (tertiary/aromatic N) is 3. The molecule has 2 aromatic rings. The van der Waals surface area contributed by atoms with Crippen LogP contribution in [0.3, 0.4) is 0 Å². The fraction of sp³-hybridized carbons (Fsp3) is 0.400. The molecule has 1 amide bonds. The molecule has 132 valence electrons. The van der Waals surface area contributed by atoms with Gasteiger partial charge in [0, 0.05) is 38.9 Å². The number of benzene rings is 1. The predicted octanol–water partition coefficient (Wildman–Crippen LogP) is 2.36. The molecular weight excluding hydrogens is 314 g/mol. The summed E-state index contributed by atoms with van der Waals surface area (Å²) in [6, 6.07) is 13.8. The van der Waals surface area contributed by atoms with Gasteiger partial charge in [0.05, 0.1) is 13.2 Å². The lowest BCUT2D eigenvalue weighted by atomic mass is 10.1. The van der Waals surface area contributed by atoms with Crippen molar-refractivity contribution in [2.75, 3.05) is 39.4 Å². The lowest BCUT2D eigenvalue weighted by Gasteiger charge is -2.30. The topological polar surface area (TPSA) is 45.7 Å². The molecule has 0 bridgehead atoms. The first-order valence-corrected chi connectivity index (χ1v) is 8.78. The van der Waals surface area contributed by atoms with Crippen LogP contribution in [0.1, 0.15) is 21.6 Å². The normalized spacial score (nSPS) is 15.1. The lowest BCUT2D eigenvalue weighted by Crippen LogP contribution is -2.43. The van der Waals surface area contributed by atoms with Crippen molar-refractivity contribution in [1.29, 1.82) is 0 Å². The number of morpholine rings is 1. The van der Waals surface area contributed by atoms with Crippen LogP contribution >= 0.6 is 0 Å². The van der Waals surface area contributed by atoms with Gasteiger partial charge in [-0.25, -0.2) is 0 Å². The summed E-state index contributed by atoms with van der Waals surface area (Å²) in [7, 11) is 0. The van der Waals surface area contributed by atoms with Gasteiger partial charge in [0.2, 0.25) is 0 Å². The first-order chi connectivity index (χ1) is 12.2. The summed E-state index contributed by atoms with van der Waals surface area (Å²) in [5.41, 5.74) is 2.85. The van der Waals surface area contributed by atoms with Crippen LogP contribution in [0.25, 0.3) is 0 Å². The van der Waals surface area contributed by atoms with E-state index in [1.807, 2.05) is 23.1 Å². The fourth-order valence-electron chi connectivity index (χ4n) is 3.02. The van der Waals surface area contributed by atoms with Crippen LogP contribution < -0.4 is 0 Å². The van der Waals surface area contributed by atoms with Gasteiger partial charge in [-0.05, 0) is 24.6 Å². The molecule has 0 atom stereocenters. The molecule has 1 saturated heterocycles. The summed E-state index contributed by atoms with van der Waals surface area (Å²) in [5, 5.41) is 0. The molecule has 5 nitrogen and oxygen atoms in total. The molecule has 1 aromatic heterocycles. The molecule has 1 aliphatic rings. The molecule has 0 aliphatic carbocycles. The van der Waals surface area contributed by atoms with Gasteiger partial charge in [-0.3, -0.25) is 14.7 Å². The number of amides is 1. The van der Waals surface area contributed by atoms with Crippen LogP contribution in [0.5, 0.6) is 0 Å². The van der Waals surface area contributed by atoms with E-state index in [9.17, 15) is 4.79 Å². The van der Waals surface area contributed by atoms with Crippen LogP contribution in [0, 0.1) is 6.92 Å². The zero-order valence-corrected chi connectivity index (χ0v) is 14.7. The fourth-order valence-corrected chi connectivity index (χ4v) is 3.02. The second kappa shape index (κ2) is 8.74. The Morgan fingerprint density at radius 2 is 2.04 bits per heavy atom. The minimum absolute atomic E-state index is 0.0182. The van der Waals surface area contributed by atoms with E-state index in [0.29, 0.717) is 18.8 Å². The molecule has 25 heavy (non-hydrogen) atoms. The summed E-state index contributed by atoms with van der Waals surface area (Å²) in [5.74, 6) is -0.0182. The number of hydrogen-bond acceptors (Lipinski definition) is 4. The maximum Gasteiger partial charge on any atom is 0.272 e. The molecule has 0 saturated carbocycles. The Balaban J connectivity index is 1.71. The van der Waals surface area contributed by atoms with Crippen molar-refractivity contribution in [3.05, 3.63) is 65.5 Å². The highest BCUT2D eigenvalue weighted by molar-refractivity contribution is 5.92. The van der Waals surface area contributed by atoms with E-state index in [1.165, 1.54) is 5.56 Å². The predicted molar refractivity (Wildman–Crippen MR) is 97.4 cm³/mol. The highest BCUT2D eigenvalue weighted by atomic mass is 16.5. The number of pyridine rings is 1. The summed E-state index contributed by atoms with van der Waals surface area (Å²) in [6.45, 7) is 7.60. The average Bonchev–Trinajstić information content (AvgIpc) is 2.66. The highest BCUT2D eigenvalue weighted by Gasteiger charge is 2.19. The Bertz CT molecular complexity index is 684. The standard InChI is InChI=1S/C20H25N3O2/c1-17-5-4-6-18(15-17)16-23(10-9-22-11-13-25-14-12-22)20(24)19-7-2-3-8-21-19/h2-8,15H,9-14,16H2,1H3. The molecule has 0 radical (unpaired) electrons. The lowest BCUT2D eigenvalue weighted by molar-refractivity contribution is 0.0319. The molecule has 0 spiro atoms. The van der Waals surface area contributed by atoms with Crippen molar-refractivity contribution < 1.29 is 9.53 Å². The van der Waals surface area contributed by atoms with Crippen molar-refractivity contribution in [1.82, 2.24) is 14.8 Å². The van der Waals surface area contributed by atoms with E-state index in [0.717, 1.165) is 38.4 Å². The Hall–Kier alpha value is -2.24. The van der Waals surface area contributed by atoms with Gasteiger partial charge >= 0.3 is 0 Å². The van der Waals surface area contributed by atoms with E-state index < -0.39 is 0 Å². The molecule has 0 unspecified atom stereocenters. The third-order valence-corrected chi connectivity index (χ3v) is 4.42. The van der Waals surface area contributed by atoms with Crippen molar-refractivity contribution in [3.8, 4) is 0 Å². The van der Waals surface area contributed by atoms with Crippen LogP contribution in [-0.4, -0.2) is 60.1 Å². The highest BCUT2D eigenvalue weighted by Crippen LogP contribution is 2.11. The SMILES string of the molecule is Cc1cccc(CN(CCN2CCOCC2)C(=O)c2ccccn2)c1. The number of carbonyl (C=O) groups is 1. The quantitative estimate of drug-likeness (QED) is 0.810. The van der Waals surface area contributed by atoms with Crippen LogP contribution in [0.4, 0.5) is 0 Å². The summed E-state index contributed by atoms with van der Waals surface area (Å²) >= 11 is 0. The van der Waals surface area contributed by atoms with Crippen molar-refractivity contribution in [3.63, 3.8) is 0 Å². The van der Waals surface area contributed by atoms with Crippen molar-refractivity contribution >= 4 is 5.91 Å². The maximum absolute atomic E-state index is 12.9. The molecule has 5 heteroatoms. The minimum atomic E-state index is -0.0182. The first kappa shape index (κ1) is 17.6. The van der Waals surface area contributed by atoms with Crippen LogP contribution in [0.15, 0.2) is 48.7 Å². The second-order valence-electron chi connectivity index (χ2n) is 6.38. The van der Waals surface area contributed by atoms with Gasteiger partial charge in [-0.15, -0.1) is 0 Å². The smallest absolute Gasteiger partial charge is 0.272 e. The molecule has 3 rings (SSSR count). The largest absolute Gasteiger partial charge is 0.379 e. The van der Waals surface area contributed by atoms with E-state index in [4.69, 9.17) is 4.74 Å². The number of rotatable bonds is 6. The van der Waals surface area contributed by atoms with Crippen molar-refractivity contribution in [2.24, 2.45) is 0 Å². The van der Waals surface area contributed by atoms with Gasteiger partial charge in [0.1, 0.15) is 5.69 Å². The Morgan fingerprint density at radius 1 is 1.20 bits per heavy atom. The zero-order chi connectivity index (χ0) is 17.5.